The minimum absolute atomic E-state index is 0.180. The van der Waals surface area contributed by atoms with Gasteiger partial charge in [-0.05, 0) is 48.6 Å². The number of rotatable bonds is 3. The number of esters is 1. The van der Waals surface area contributed by atoms with Crippen LogP contribution in [-0.4, -0.2) is 35.8 Å². The van der Waals surface area contributed by atoms with Gasteiger partial charge in [-0.15, -0.1) is 11.3 Å². The van der Waals surface area contributed by atoms with Crippen LogP contribution in [0.2, 0.25) is 0 Å². The van der Waals surface area contributed by atoms with Gasteiger partial charge in [-0.1, -0.05) is 20.8 Å². The summed E-state index contributed by atoms with van der Waals surface area (Å²) in [4.78, 5) is 38.8. The first kappa shape index (κ1) is 18.1. The molecule has 5 nitrogen and oxygen atoms in total. The molecule has 1 aromatic rings. The van der Waals surface area contributed by atoms with Gasteiger partial charge in [-0.25, -0.2) is 4.79 Å². The Hall–Kier alpha value is -1.69. The third-order valence-corrected chi connectivity index (χ3v) is 6.43. The van der Waals surface area contributed by atoms with Gasteiger partial charge < -0.3 is 4.74 Å². The van der Waals surface area contributed by atoms with E-state index in [1.54, 1.807) is 0 Å². The molecular formula is C19H25NO4S. The van der Waals surface area contributed by atoms with Gasteiger partial charge in [0.05, 0.1) is 0 Å². The summed E-state index contributed by atoms with van der Waals surface area (Å²) in [5.41, 5.74) is 1.50. The van der Waals surface area contributed by atoms with Gasteiger partial charge in [0, 0.05) is 17.8 Å². The number of imide groups is 1. The maximum Gasteiger partial charge on any atom is 0.348 e. The number of thiophene rings is 1. The van der Waals surface area contributed by atoms with Crippen molar-refractivity contribution in [2.45, 2.75) is 52.9 Å². The van der Waals surface area contributed by atoms with Crippen LogP contribution in [0.1, 0.15) is 60.1 Å². The molecule has 1 saturated heterocycles. The van der Waals surface area contributed by atoms with Crippen LogP contribution in [-0.2, 0) is 27.2 Å². The van der Waals surface area contributed by atoms with Crippen LogP contribution in [0.4, 0.5) is 0 Å². The Labute approximate surface area is 152 Å². The second kappa shape index (κ2) is 6.90. The fourth-order valence-corrected chi connectivity index (χ4v) is 4.65. The van der Waals surface area contributed by atoms with E-state index in [1.165, 1.54) is 26.7 Å². The molecule has 0 N–H and O–H groups in total. The molecule has 1 atom stereocenters. The lowest BCUT2D eigenvalue weighted by molar-refractivity contribution is -0.143. The summed E-state index contributed by atoms with van der Waals surface area (Å²) in [6.07, 6.45) is 4.21. The van der Waals surface area contributed by atoms with Crippen molar-refractivity contribution in [2.24, 2.45) is 11.3 Å². The van der Waals surface area contributed by atoms with Crippen LogP contribution < -0.4 is 0 Å². The molecule has 2 heterocycles. The van der Waals surface area contributed by atoms with Gasteiger partial charge >= 0.3 is 5.97 Å². The molecule has 0 spiro atoms. The third kappa shape index (κ3) is 3.94. The molecule has 0 unspecified atom stereocenters. The van der Waals surface area contributed by atoms with Crippen molar-refractivity contribution < 1.29 is 19.1 Å². The lowest BCUT2D eigenvalue weighted by atomic mass is 9.72. The Morgan fingerprint density at radius 2 is 2.08 bits per heavy atom. The molecule has 0 saturated carbocycles. The van der Waals surface area contributed by atoms with E-state index in [0.29, 0.717) is 30.2 Å². The third-order valence-electron chi connectivity index (χ3n) is 5.21. The molecule has 0 radical (unpaired) electrons. The fourth-order valence-electron chi connectivity index (χ4n) is 3.55. The van der Waals surface area contributed by atoms with Crippen LogP contribution in [0.25, 0.3) is 0 Å². The largest absolute Gasteiger partial charge is 0.451 e. The van der Waals surface area contributed by atoms with Crippen molar-refractivity contribution in [3.63, 3.8) is 0 Å². The van der Waals surface area contributed by atoms with Gasteiger partial charge in [0.25, 0.3) is 5.91 Å². The van der Waals surface area contributed by atoms with Crippen LogP contribution in [0.5, 0.6) is 0 Å². The van der Waals surface area contributed by atoms with Crippen LogP contribution in [0, 0.1) is 11.3 Å². The number of ether oxygens (including phenoxy) is 1. The highest BCUT2D eigenvalue weighted by molar-refractivity contribution is 7.14. The summed E-state index contributed by atoms with van der Waals surface area (Å²) in [5.74, 6) is -0.459. The Morgan fingerprint density at radius 1 is 1.32 bits per heavy atom. The molecule has 2 aliphatic rings. The maximum absolute atomic E-state index is 12.3. The van der Waals surface area contributed by atoms with E-state index < -0.39 is 11.9 Å². The first-order valence-electron chi connectivity index (χ1n) is 8.87. The van der Waals surface area contributed by atoms with E-state index in [1.807, 2.05) is 6.07 Å². The minimum Gasteiger partial charge on any atom is -0.451 e. The molecule has 1 fully saturated rings. The van der Waals surface area contributed by atoms with E-state index in [-0.39, 0.29) is 17.9 Å². The second-order valence-corrected chi connectivity index (χ2v) is 9.12. The van der Waals surface area contributed by atoms with Crippen molar-refractivity contribution in [2.75, 3.05) is 13.2 Å². The molecule has 1 aromatic heterocycles. The smallest absolute Gasteiger partial charge is 0.348 e. The standard InChI is InChI=1S/C19H25NO4S/c1-19(2,3)13-6-7-14-12(9-13)10-15(25-14)18(23)24-11-17(22)20-8-4-5-16(20)21/h10,13H,4-9,11H2,1-3H3/t13-/m1/s1. The fraction of sp³-hybridized carbons (Fsp3) is 0.632. The average Bonchev–Trinajstić information content (AvgIpc) is 3.16. The molecular weight excluding hydrogens is 338 g/mol. The maximum atomic E-state index is 12.3. The minimum atomic E-state index is -0.466. The van der Waals surface area contributed by atoms with Crippen molar-refractivity contribution >= 4 is 29.1 Å². The van der Waals surface area contributed by atoms with Crippen LogP contribution in [0.15, 0.2) is 6.07 Å². The highest BCUT2D eigenvalue weighted by Gasteiger charge is 2.31. The number of carbonyl (C=O) groups is 3. The number of nitrogens with zero attached hydrogens (tertiary/aromatic N) is 1. The molecule has 3 rings (SSSR count). The summed E-state index contributed by atoms with van der Waals surface area (Å²) in [5, 5.41) is 0. The first-order valence-corrected chi connectivity index (χ1v) is 9.69. The Bertz CT molecular complexity index is 701. The van der Waals surface area contributed by atoms with E-state index in [0.717, 1.165) is 19.3 Å². The van der Waals surface area contributed by atoms with E-state index in [4.69, 9.17) is 4.74 Å². The van der Waals surface area contributed by atoms with Gasteiger partial charge in [-0.3, -0.25) is 14.5 Å². The highest BCUT2D eigenvalue weighted by atomic mass is 32.1. The summed E-state index contributed by atoms with van der Waals surface area (Å²) in [6, 6.07) is 1.92. The zero-order valence-electron chi connectivity index (χ0n) is 15.1. The van der Waals surface area contributed by atoms with Gasteiger partial charge in [-0.2, -0.15) is 0 Å². The number of hydrogen-bond acceptors (Lipinski definition) is 5. The van der Waals surface area contributed by atoms with E-state index in [2.05, 4.69) is 20.8 Å². The molecule has 6 heteroatoms. The predicted molar refractivity (Wildman–Crippen MR) is 95.5 cm³/mol. The first-order chi connectivity index (χ1) is 11.8. The molecule has 2 amide bonds. The molecule has 0 bridgehead atoms. The summed E-state index contributed by atoms with van der Waals surface area (Å²) < 4.78 is 5.15. The molecule has 1 aliphatic carbocycles. The number of fused-ring (bicyclic) bond motifs is 1. The average molecular weight is 363 g/mol. The van der Waals surface area contributed by atoms with Gasteiger partial charge in [0.15, 0.2) is 6.61 Å². The number of amides is 2. The summed E-state index contributed by atoms with van der Waals surface area (Å²) >= 11 is 1.47. The lowest BCUT2D eigenvalue weighted by Crippen LogP contribution is -2.35. The second-order valence-electron chi connectivity index (χ2n) is 7.98. The highest BCUT2D eigenvalue weighted by Crippen LogP contribution is 2.40. The summed E-state index contributed by atoms with van der Waals surface area (Å²) in [6.45, 7) is 6.84. The summed E-state index contributed by atoms with van der Waals surface area (Å²) in [7, 11) is 0. The van der Waals surface area contributed by atoms with E-state index in [9.17, 15) is 14.4 Å². The Kier molecular flexibility index (Phi) is 5.00. The topological polar surface area (TPSA) is 63.7 Å². The predicted octanol–water partition coefficient (Wildman–Crippen LogP) is 3.20. The van der Waals surface area contributed by atoms with E-state index >= 15 is 0 Å². The van der Waals surface area contributed by atoms with Crippen LogP contribution in [0.3, 0.4) is 0 Å². The lowest BCUT2D eigenvalue weighted by Gasteiger charge is -2.33. The monoisotopic (exact) mass is 363 g/mol. The SMILES string of the molecule is CC(C)(C)[C@@H]1CCc2sc(C(=O)OCC(=O)N3CCCC3=O)cc2C1. The van der Waals surface area contributed by atoms with Crippen LogP contribution >= 0.6 is 11.3 Å². The Balaban J connectivity index is 1.60. The molecule has 25 heavy (non-hydrogen) atoms. The number of hydrogen-bond donors (Lipinski definition) is 0. The molecule has 136 valence electrons. The Morgan fingerprint density at radius 3 is 2.72 bits per heavy atom. The zero-order chi connectivity index (χ0) is 18.2. The van der Waals surface area contributed by atoms with Gasteiger partial charge in [0.1, 0.15) is 4.88 Å². The molecule has 0 aromatic carbocycles. The molecule has 1 aliphatic heterocycles. The number of carbonyl (C=O) groups excluding carboxylic acids is 3. The van der Waals surface area contributed by atoms with Crippen molar-refractivity contribution in [3.05, 3.63) is 21.4 Å². The van der Waals surface area contributed by atoms with Gasteiger partial charge in [0.2, 0.25) is 5.91 Å². The quantitative estimate of drug-likeness (QED) is 0.774. The number of aryl methyl sites for hydroxylation is 1. The zero-order valence-corrected chi connectivity index (χ0v) is 15.9. The van der Waals surface area contributed by atoms with Crippen molar-refractivity contribution in [3.8, 4) is 0 Å². The normalized spacial score (nSPS) is 20.5. The number of likely N-dealkylation sites (tertiary alicyclic amines) is 1. The van der Waals surface area contributed by atoms with Crippen molar-refractivity contribution in [1.29, 1.82) is 0 Å². The van der Waals surface area contributed by atoms with Crippen molar-refractivity contribution in [1.82, 2.24) is 4.90 Å².